The van der Waals surface area contributed by atoms with E-state index < -0.39 is 20.5 Å². The summed E-state index contributed by atoms with van der Waals surface area (Å²) in [6.07, 6.45) is 0.174. The number of alkyl carbamates (subject to hydrolysis) is 1. The summed E-state index contributed by atoms with van der Waals surface area (Å²) in [5, 5.41) is 4.89. The van der Waals surface area contributed by atoms with Gasteiger partial charge in [0.2, 0.25) is 0 Å². The molecule has 6 aromatic carbocycles. The lowest BCUT2D eigenvalue weighted by atomic mass is 9.77. The van der Waals surface area contributed by atoms with Crippen LogP contribution >= 0.6 is 0 Å². The van der Waals surface area contributed by atoms with Crippen LogP contribution in [0.4, 0.5) is 4.79 Å². The molecule has 0 unspecified atom stereocenters. The molecule has 0 spiro atoms. The van der Waals surface area contributed by atoms with Gasteiger partial charge in [0, 0.05) is 54.7 Å². The monoisotopic (exact) mass is 775 g/mol. The van der Waals surface area contributed by atoms with Gasteiger partial charge in [-0.2, -0.15) is 0 Å². The summed E-state index contributed by atoms with van der Waals surface area (Å²) >= 11 is 0. The van der Waals surface area contributed by atoms with Crippen LogP contribution in [-0.2, 0) is 30.2 Å². The van der Waals surface area contributed by atoms with Crippen molar-refractivity contribution in [1.82, 2.24) is 5.32 Å². The number of fused-ring (bicyclic) bond motifs is 3. The molecule has 0 bridgehead atoms. The normalized spacial score (nSPS) is 13.1. The van der Waals surface area contributed by atoms with E-state index in [2.05, 4.69) is 126 Å². The first-order chi connectivity index (χ1) is 28.0. The number of hydrogen-bond acceptors (Lipinski definition) is 6. The minimum atomic E-state index is -2.78. The van der Waals surface area contributed by atoms with Crippen LogP contribution in [0.25, 0.3) is 21.9 Å². The van der Waals surface area contributed by atoms with Crippen LogP contribution < -0.4 is 10.1 Å². The number of nitrogens with one attached hydrogen (secondary N) is 1. The van der Waals surface area contributed by atoms with Crippen molar-refractivity contribution >= 4 is 36.8 Å². The van der Waals surface area contributed by atoms with Crippen LogP contribution in [0.5, 0.6) is 5.75 Å². The van der Waals surface area contributed by atoms with E-state index in [1.54, 1.807) is 0 Å². The third-order valence-electron chi connectivity index (χ3n) is 10.0. The van der Waals surface area contributed by atoms with Crippen molar-refractivity contribution in [3.05, 3.63) is 191 Å². The molecule has 6 aromatic rings. The second kappa shape index (κ2) is 18.5. The maximum absolute atomic E-state index is 12.8. The number of amides is 1. The fourth-order valence-corrected chi connectivity index (χ4v) is 10.2. The summed E-state index contributed by atoms with van der Waals surface area (Å²) in [6, 6.07) is 52.5. The summed E-state index contributed by atoms with van der Waals surface area (Å²) in [7, 11) is -2.78. The van der Waals surface area contributed by atoms with Gasteiger partial charge in [0.25, 0.3) is 0 Å². The van der Waals surface area contributed by atoms with Gasteiger partial charge in [-0.1, -0.05) is 140 Å². The van der Waals surface area contributed by atoms with Gasteiger partial charge in [-0.05, 0) is 66.8 Å². The Hall–Kier alpha value is -5.73. The second-order valence-corrected chi connectivity index (χ2v) is 16.4. The molecule has 0 saturated heterocycles. The average molecular weight is 776 g/mol. The van der Waals surface area contributed by atoms with Gasteiger partial charge in [0.15, 0.2) is 5.60 Å². The zero-order valence-corrected chi connectivity index (χ0v) is 33.8. The Morgan fingerprint density at radius 3 is 1.77 bits per heavy atom. The maximum atomic E-state index is 12.8. The third kappa shape index (κ3) is 8.66. The van der Waals surface area contributed by atoms with E-state index in [-0.39, 0.29) is 6.61 Å². The number of hydrogen-bond donors (Lipinski definition) is 1. The van der Waals surface area contributed by atoms with Crippen LogP contribution in [0.3, 0.4) is 0 Å². The van der Waals surface area contributed by atoms with Crippen LogP contribution in [0.2, 0.25) is 6.04 Å². The number of carbonyl (C=O) groups excluding carboxylic acids is 1. The molecule has 290 valence electrons. The zero-order valence-electron chi connectivity index (χ0n) is 32.8. The lowest BCUT2D eigenvalue weighted by Gasteiger charge is -2.31. The van der Waals surface area contributed by atoms with Crippen molar-refractivity contribution in [2.75, 3.05) is 26.4 Å². The molecule has 1 amide bonds. The molecule has 7 rings (SSSR count). The van der Waals surface area contributed by atoms with E-state index in [4.69, 9.17) is 22.8 Å². The van der Waals surface area contributed by atoms with Gasteiger partial charge >= 0.3 is 14.9 Å². The standard InChI is InChI=1S/C49H49NO6Si/c1-4-53-57(54-5-2,55-6-3)33-19-32-50-48(51)52-36-37-28-30-43-40(34-37)29-31-46-47(43)45(35-44(38-20-11-7-12-21-38)39-22-13-8-14-23-39)49(56-46,41-24-15-9-16-25-41)42-26-17-10-18-27-42/h7-18,20-31,34H,4-6,19,32-33,36H2,1-3H3,(H,50,51). The Kier molecular flexibility index (Phi) is 12.8. The summed E-state index contributed by atoms with van der Waals surface area (Å²) in [4.78, 5) is 12.8. The summed E-state index contributed by atoms with van der Waals surface area (Å²) in [5.41, 5.74) is 10.8. The Morgan fingerprint density at radius 1 is 0.684 bits per heavy atom. The minimum absolute atomic E-state index is 0.123. The number of ether oxygens (including phenoxy) is 2. The highest BCUT2D eigenvalue weighted by Gasteiger charge is 2.48. The molecule has 8 heteroatoms. The Labute approximate surface area is 336 Å². The Balaban J connectivity index is 1.25. The van der Waals surface area contributed by atoms with Crippen molar-refractivity contribution in [3.8, 4) is 5.75 Å². The highest BCUT2D eigenvalue weighted by molar-refractivity contribution is 6.60. The molecule has 1 heterocycles. The van der Waals surface area contributed by atoms with Gasteiger partial charge in [0.1, 0.15) is 12.4 Å². The van der Waals surface area contributed by atoms with Crippen LogP contribution in [0.15, 0.2) is 157 Å². The topological polar surface area (TPSA) is 75.3 Å². The molecule has 0 aliphatic carbocycles. The SMILES string of the molecule is CCO[Si](CCCNC(=O)OCc1ccc2c3c(ccc2c1)OC(c1ccccc1)(c1ccccc1)C3=C=C(c1ccccc1)c1ccccc1)(OCC)OCC. The molecule has 7 nitrogen and oxygen atoms in total. The number of benzene rings is 6. The molecule has 0 radical (unpaired) electrons. The molecule has 1 aliphatic rings. The quantitative estimate of drug-likeness (QED) is 0.0599. The van der Waals surface area contributed by atoms with Crippen molar-refractivity contribution < 1.29 is 27.5 Å². The van der Waals surface area contributed by atoms with E-state index in [1.165, 1.54) is 0 Å². The lowest BCUT2D eigenvalue weighted by Crippen LogP contribution is -2.46. The highest BCUT2D eigenvalue weighted by atomic mass is 28.4. The Bertz CT molecular complexity index is 2230. The fourth-order valence-electron chi connectivity index (χ4n) is 7.60. The molecule has 1 N–H and O–H groups in total. The molecule has 57 heavy (non-hydrogen) atoms. The van der Waals surface area contributed by atoms with E-state index in [0.29, 0.717) is 38.8 Å². The van der Waals surface area contributed by atoms with E-state index >= 15 is 0 Å². The summed E-state index contributed by atoms with van der Waals surface area (Å²) in [5.74, 6) is 0.770. The van der Waals surface area contributed by atoms with Gasteiger partial charge in [-0.25, -0.2) is 4.79 Å². The predicted octanol–water partition coefficient (Wildman–Crippen LogP) is 11.0. The van der Waals surface area contributed by atoms with Crippen LogP contribution in [0.1, 0.15) is 60.6 Å². The number of carbonyl (C=O) groups is 1. The van der Waals surface area contributed by atoms with E-state index in [9.17, 15) is 4.79 Å². The first kappa shape index (κ1) is 39.5. The molecule has 0 saturated carbocycles. The van der Waals surface area contributed by atoms with Crippen molar-refractivity contribution in [2.45, 2.75) is 45.4 Å². The van der Waals surface area contributed by atoms with Gasteiger partial charge in [0.05, 0.1) is 5.57 Å². The summed E-state index contributed by atoms with van der Waals surface area (Å²) < 4.78 is 30.8. The first-order valence-electron chi connectivity index (χ1n) is 19.8. The van der Waals surface area contributed by atoms with Gasteiger partial charge in [-0.3, -0.25) is 0 Å². The van der Waals surface area contributed by atoms with Crippen molar-refractivity contribution in [2.24, 2.45) is 0 Å². The van der Waals surface area contributed by atoms with E-state index in [1.807, 2.05) is 57.2 Å². The van der Waals surface area contributed by atoms with Gasteiger partial charge < -0.3 is 28.1 Å². The van der Waals surface area contributed by atoms with Crippen LogP contribution in [-0.4, -0.2) is 41.3 Å². The predicted molar refractivity (Wildman–Crippen MR) is 229 cm³/mol. The van der Waals surface area contributed by atoms with E-state index in [0.717, 1.165) is 61.0 Å². The highest BCUT2D eigenvalue weighted by Crippen LogP contribution is 2.55. The molecule has 0 atom stereocenters. The minimum Gasteiger partial charge on any atom is -0.472 e. The maximum Gasteiger partial charge on any atom is 0.500 e. The first-order valence-corrected chi connectivity index (χ1v) is 21.7. The van der Waals surface area contributed by atoms with Crippen molar-refractivity contribution in [1.29, 1.82) is 0 Å². The fraction of sp³-hybridized carbons (Fsp3) is 0.224. The molecule has 0 aromatic heterocycles. The second-order valence-electron chi connectivity index (χ2n) is 13.7. The smallest absolute Gasteiger partial charge is 0.472 e. The van der Waals surface area contributed by atoms with Crippen LogP contribution in [0, 0.1) is 0 Å². The molecule has 0 fully saturated rings. The average Bonchev–Trinajstić information content (AvgIpc) is 3.60. The van der Waals surface area contributed by atoms with Crippen molar-refractivity contribution in [3.63, 3.8) is 0 Å². The lowest BCUT2D eigenvalue weighted by molar-refractivity contribution is 0.0706. The third-order valence-corrected chi connectivity index (χ3v) is 13.2. The summed E-state index contributed by atoms with van der Waals surface area (Å²) in [6.45, 7) is 7.90. The largest absolute Gasteiger partial charge is 0.500 e. The molecular formula is C49H49NO6Si. The Morgan fingerprint density at radius 2 is 1.23 bits per heavy atom. The van der Waals surface area contributed by atoms with Gasteiger partial charge in [-0.15, -0.1) is 5.73 Å². The molecular weight excluding hydrogens is 727 g/mol. The molecule has 1 aliphatic heterocycles. The number of rotatable bonds is 16. The zero-order chi connectivity index (χ0) is 39.5.